The lowest BCUT2D eigenvalue weighted by molar-refractivity contribution is 0.370. The Labute approximate surface area is 87.5 Å². The van der Waals surface area contributed by atoms with Crippen LogP contribution >= 0.6 is 24.6 Å². The normalized spacial score (nSPS) is 18.2. The minimum absolute atomic E-state index is 0. The molecule has 0 aromatic carbocycles. The molecule has 0 saturated carbocycles. The van der Waals surface area contributed by atoms with Gasteiger partial charge in [0, 0.05) is 5.92 Å². The molecule has 0 aliphatic carbocycles. The molecule has 1 aromatic heterocycles. The van der Waals surface area contributed by atoms with Crippen LogP contribution in [0.1, 0.15) is 24.7 Å². The first-order chi connectivity index (χ1) is 5.86. The number of piperidine rings is 1. The van der Waals surface area contributed by atoms with Crippen molar-refractivity contribution < 1.29 is 4.42 Å². The predicted molar refractivity (Wildman–Crippen MR) is 53.8 cm³/mol. The Bertz CT molecular complexity index is 305. The Hall–Kier alpha value is -0.390. The Morgan fingerprint density at radius 2 is 2.08 bits per heavy atom. The summed E-state index contributed by atoms with van der Waals surface area (Å²) >= 11 is 4.80. The maximum atomic E-state index is 5.24. The van der Waals surface area contributed by atoms with E-state index in [1.165, 1.54) is 0 Å². The van der Waals surface area contributed by atoms with E-state index in [4.69, 9.17) is 16.6 Å². The third-order valence-corrected chi connectivity index (χ3v) is 2.32. The average Bonchev–Trinajstić information content (AvgIpc) is 2.54. The molecule has 2 N–H and O–H groups in total. The van der Waals surface area contributed by atoms with Crippen LogP contribution in [0, 0.1) is 4.84 Å². The summed E-state index contributed by atoms with van der Waals surface area (Å²) in [6, 6.07) is 0. The zero-order valence-corrected chi connectivity index (χ0v) is 8.71. The van der Waals surface area contributed by atoms with Crippen molar-refractivity contribution in [2.45, 2.75) is 18.8 Å². The fraction of sp³-hybridized carbons (Fsp3) is 0.714. The molecule has 0 amide bonds. The van der Waals surface area contributed by atoms with Gasteiger partial charge in [0.15, 0.2) is 0 Å². The van der Waals surface area contributed by atoms with Gasteiger partial charge in [-0.25, -0.2) is 5.10 Å². The van der Waals surface area contributed by atoms with Crippen LogP contribution in [0.3, 0.4) is 0 Å². The standard InChI is InChI=1S/C7H11N3OS.ClH/c12-7-10-9-6(11-7)5-1-3-8-4-2-5;/h5,8H,1-4H2,(H,10,12);1H. The van der Waals surface area contributed by atoms with E-state index in [0.29, 0.717) is 10.8 Å². The van der Waals surface area contributed by atoms with Crippen LogP contribution in [0.4, 0.5) is 0 Å². The quantitative estimate of drug-likeness (QED) is 0.708. The third kappa shape index (κ3) is 2.52. The van der Waals surface area contributed by atoms with Crippen LogP contribution in [0.2, 0.25) is 0 Å². The van der Waals surface area contributed by atoms with Crippen LogP contribution in [-0.4, -0.2) is 23.3 Å². The molecular weight excluding hydrogens is 210 g/mol. The minimum Gasteiger partial charge on any atom is -0.414 e. The second-order valence-corrected chi connectivity index (χ2v) is 3.35. The summed E-state index contributed by atoms with van der Waals surface area (Å²) in [6.07, 6.45) is 2.17. The summed E-state index contributed by atoms with van der Waals surface area (Å²) in [4.78, 5) is 0.378. The number of hydrogen-bond acceptors (Lipinski definition) is 4. The number of aromatic nitrogens is 2. The van der Waals surface area contributed by atoms with Gasteiger partial charge in [-0.15, -0.1) is 17.5 Å². The predicted octanol–water partition coefficient (Wildman–Crippen LogP) is 1.62. The Kier molecular flexibility index (Phi) is 3.90. The van der Waals surface area contributed by atoms with Crippen molar-refractivity contribution in [2.75, 3.05) is 13.1 Å². The van der Waals surface area contributed by atoms with E-state index in [1.54, 1.807) is 0 Å². The smallest absolute Gasteiger partial charge is 0.284 e. The lowest BCUT2D eigenvalue weighted by atomic mass is 9.98. The average molecular weight is 222 g/mol. The molecule has 1 aliphatic rings. The van der Waals surface area contributed by atoms with E-state index in [2.05, 4.69) is 15.5 Å². The fourth-order valence-electron chi connectivity index (χ4n) is 1.48. The van der Waals surface area contributed by atoms with E-state index in [-0.39, 0.29) is 12.4 Å². The van der Waals surface area contributed by atoms with Gasteiger partial charge >= 0.3 is 0 Å². The molecule has 1 fully saturated rings. The maximum Gasteiger partial charge on any atom is 0.284 e. The van der Waals surface area contributed by atoms with Gasteiger partial charge in [-0.05, 0) is 38.1 Å². The zero-order valence-electron chi connectivity index (χ0n) is 7.08. The van der Waals surface area contributed by atoms with Crippen LogP contribution in [0.25, 0.3) is 0 Å². The van der Waals surface area contributed by atoms with Crippen molar-refractivity contribution in [1.29, 1.82) is 0 Å². The van der Waals surface area contributed by atoms with Crippen molar-refractivity contribution in [3.05, 3.63) is 10.7 Å². The molecule has 1 aromatic rings. The minimum atomic E-state index is 0. The Morgan fingerprint density at radius 3 is 2.62 bits per heavy atom. The number of nitrogens with one attached hydrogen (secondary N) is 2. The summed E-state index contributed by atoms with van der Waals surface area (Å²) in [7, 11) is 0. The fourth-order valence-corrected chi connectivity index (χ4v) is 1.62. The van der Waals surface area contributed by atoms with E-state index in [0.717, 1.165) is 31.8 Å². The number of H-pyrrole nitrogens is 1. The second-order valence-electron chi connectivity index (χ2n) is 2.98. The molecule has 74 valence electrons. The van der Waals surface area contributed by atoms with Crippen molar-refractivity contribution in [1.82, 2.24) is 15.5 Å². The van der Waals surface area contributed by atoms with Crippen LogP contribution in [0.15, 0.2) is 4.42 Å². The maximum absolute atomic E-state index is 5.24. The molecule has 2 heterocycles. The van der Waals surface area contributed by atoms with Crippen LogP contribution in [-0.2, 0) is 0 Å². The SMILES string of the molecule is Cl.S=c1[nH]nc(C2CCNCC2)o1. The number of aromatic amines is 1. The largest absolute Gasteiger partial charge is 0.414 e. The van der Waals surface area contributed by atoms with Gasteiger partial charge in [-0.2, -0.15) is 0 Å². The molecule has 1 saturated heterocycles. The molecule has 0 atom stereocenters. The van der Waals surface area contributed by atoms with Crippen molar-refractivity contribution >= 4 is 24.6 Å². The highest BCUT2D eigenvalue weighted by molar-refractivity contribution is 7.71. The molecule has 6 heteroatoms. The molecule has 0 spiro atoms. The van der Waals surface area contributed by atoms with E-state index in [1.807, 2.05) is 0 Å². The summed E-state index contributed by atoms with van der Waals surface area (Å²) in [5.41, 5.74) is 0. The van der Waals surface area contributed by atoms with Gasteiger partial charge < -0.3 is 9.73 Å². The number of halogens is 1. The van der Waals surface area contributed by atoms with Gasteiger partial charge in [0.2, 0.25) is 5.89 Å². The van der Waals surface area contributed by atoms with Gasteiger partial charge in [-0.1, -0.05) is 0 Å². The molecule has 0 radical (unpaired) electrons. The van der Waals surface area contributed by atoms with Crippen molar-refractivity contribution in [2.24, 2.45) is 0 Å². The number of rotatable bonds is 1. The first-order valence-corrected chi connectivity index (χ1v) is 4.53. The first-order valence-electron chi connectivity index (χ1n) is 4.12. The summed E-state index contributed by atoms with van der Waals surface area (Å²) in [6.45, 7) is 2.08. The van der Waals surface area contributed by atoms with Gasteiger partial charge in [0.25, 0.3) is 4.84 Å². The monoisotopic (exact) mass is 221 g/mol. The van der Waals surface area contributed by atoms with E-state index in [9.17, 15) is 0 Å². The topological polar surface area (TPSA) is 53.9 Å². The molecule has 4 nitrogen and oxygen atoms in total. The molecule has 0 unspecified atom stereocenters. The number of hydrogen-bond donors (Lipinski definition) is 2. The molecule has 13 heavy (non-hydrogen) atoms. The van der Waals surface area contributed by atoms with Gasteiger partial charge in [0.05, 0.1) is 0 Å². The summed E-state index contributed by atoms with van der Waals surface area (Å²) in [5.74, 6) is 1.21. The van der Waals surface area contributed by atoms with Crippen molar-refractivity contribution in [3.63, 3.8) is 0 Å². The van der Waals surface area contributed by atoms with Gasteiger partial charge in [-0.3, -0.25) is 0 Å². The highest BCUT2D eigenvalue weighted by Crippen LogP contribution is 2.22. The molecule has 0 bridgehead atoms. The van der Waals surface area contributed by atoms with Crippen LogP contribution < -0.4 is 5.32 Å². The Balaban J connectivity index is 0.000000845. The van der Waals surface area contributed by atoms with E-state index < -0.39 is 0 Å². The highest BCUT2D eigenvalue weighted by Gasteiger charge is 2.19. The zero-order chi connectivity index (χ0) is 8.39. The Morgan fingerprint density at radius 1 is 1.38 bits per heavy atom. The lowest BCUT2D eigenvalue weighted by Gasteiger charge is -2.18. The van der Waals surface area contributed by atoms with Crippen molar-refractivity contribution in [3.8, 4) is 0 Å². The lowest BCUT2D eigenvalue weighted by Crippen LogP contribution is -2.26. The third-order valence-electron chi connectivity index (χ3n) is 2.14. The summed E-state index contributed by atoms with van der Waals surface area (Å²) < 4.78 is 5.24. The summed E-state index contributed by atoms with van der Waals surface area (Å²) in [5, 5.41) is 9.95. The van der Waals surface area contributed by atoms with Gasteiger partial charge in [0.1, 0.15) is 0 Å². The molecule has 2 rings (SSSR count). The molecule has 1 aliphatic heterocycles. The highest BCUT2D eigenvalue weighted by atomic mass is 35.5. The number of nitrogens with zero attached hydrogens (tertiary/aromatic N) is 1. The second kappa shape index (κ2) is 4.74. The molecular formula is C7H12ClN3OS. The van der Waals surface area contributed by atoms with E-state index >= 15 is 0 Å². The first kappa shape index (κ1) is 10.7. The van der Waals surface area contributed by atoms with Crippen LogP contribution in [0.5, 0.6) is 0 Å².